The fourth-order valence-electron chi connectivity index (χ4n) is 2.10. The van der Waals surface area contributed by atoms with Crippen LogP contribution in [0.25, 0.3) is 0 Å². The van der Waals surface area contributed by atoms with Gasteiger partial charge < -0.3 is 14.8 Å². The van der Waals surface area contributed by atoms with E-state index in [1.165, 1.54) is 10.4 Å². The normalized spacial score (nSPS) is 17.4. The molecule has 1 aromatic heterocycles. The molecule has 1 aromatic carbocycles. The summed E-state index contributed by atoms with van der Waals surface area (Å²) in [7, 11) is 0. The first kappa shape index (κ1) is 12.5. The first-order valence-electron chi connectivity index (χ1n) is 6.45. The number of nitrogens with one attached hydrogen (secondary N) is 1. The third-order valence-electron chi connectivity index (χ3n) is 3.19. The molecule has 0 aliphatic carbocycles. The van der Waals surface area contributed by atoms with Gasteiger partial charge in [0.15, 0.2) is 11.5 Å². The average Bonchev–Trinajstić information content (AvgIpc) is 2.84. The quantitative estimate of drug-likeness (QED) is 0.930. The molecule has 1 unspecified atom stereocenters. The molecule has 0 radical (unpaired) electrons. The first-order chi connectivity index (χ1) is 9.33. The first-order valence-corrected chi connectivity index (χ1v) is 7.33. The fraction of sp³-hybridized carbons (Fsp3) is 0.333. The van der Waals surface area contributed by atoms with Crippen molar-refractivity contribution in [2.75, 3.05) is 13.2 Å². The van der Waals surface area contributed by atoms with Gasteiger partial charge in [0.1, 0.15) is 12.7 Å². The molecule has 1 aliphatic rings. The molecular weight excluding hydrogens is 258 g/mol. The maximum atomic E-state index is 5.90. The molecule has 1 aliphatic heterocycles. The van der Waals surface area contributed by atoms with Crippen LogP contribution < -0.4 is 14.8 Å². The molecule has 2 aromatic rings. The SMILES string of the molecule is Cc1ccsc1CNCC1COc2ccccc2O1. The molecule has 100 valence electrons. The van der Waals surface area contributed by atoms with Gasteiger partial charge >= 0.3 is 0 Å². The van der Waals surface area contributed by atoms with Crippen molar-refractivity contribution in [1.82, 2.24) is 5.32 Å². The van der Waals surface area contributed by atoms with E-state index in [2.05, 4.69) is 23.7 Å². The van der Waals surface area contributed by atoms with Crippen molar-refractivity contribution in [3.63, 3.8) is 0 Å². The van der Waals surface area contributed by atoms with Crippen LogP contribution >= 0.6 is 11.3 Å². The summed E-state index contributed by atoms with van der Waals surface area (Å²) in [4.78, 5) is 1.39. The summed E-state index contributed by atoms with van der Waals surface area (Å²) in [6, 6.07) is 9.96. The van der Waals surface area contributed by atoms with Crippen molar-refractivity contribution in [3.05, 3.63) is 46.2 Å². The van der Waals surface area contributed by atoms with Crippen LogP contribution in [0.15, 0.2) is 35.7 Å². The summed E-state index contributed by atoms with van der Waals surface area (Å²) < 4.78 is 11.6. The molecule has 0 amide bonds. The highest BCUT2D eigenvalue weighted by molar-refractivity contribution is 7.10. The van der Waals surface area contributed by atoms with Crippen molar-refractivity contribution in [2.24, 2.45) is 0 Å². The Morgan fingerprint density at radius 2 is 2.11 bits per heavy atom. The number of rotatable bonds is 4. The molecule has 0 fully saturated rings. The molecule has 3 rings (SSSR count). The van der Waals surface area contributed by atoms with E-state index in [-0.39, 0.29) is 6.10 Å². The maximum Gasteiger partial charge on any atom is 0.161 e. The number of benzene rings is 1. The van der Waals surface area contributed by atoms with E-state index in [1.807, 2.05) is 24.3 Å². The molecule has 1 atom stereocenters. The van der Waals surface area contributed by atoms with Crippen LogP contribution in [-0.2, 0) is 6.54 Å². The summed E-state index contributed by atoms with van der Waals surface area (Å²) in [5, 5.41) is 5.56. The predicted molar refractivity (Wildman–Crippen MR) is 77.1 cm³/mol. The van der Waals surface area contributed by atoms with E-state index < -0.39 is 0 Å². The molecule has 1 N–H and O–H groups in total. The Morgan fingerprint density at radius 1 is 1.26 bits per heavy atom. The Labute approximate surface area is 117 Å². The van der Waals surface area contributed by atoms with E-state index in [0.717, 1.165) is 24.6 Å². The second-order valence-electron chi connectivity index (χ2n) is 4.66. The van der Waals surface area contributed by atoms with E-state index in [1.54, 1.807) is 11.3 Å². The largest absolute Gasteiger partial charge is 0.486 e. The summed E-state index contributed by atoms with van der Waals surface area (Å²) in [5.41, 5.74) is 1.35. The van der Waals surface area contributed by atoms with E-state index >= 15 is 0 Å². The van der Waals surface area contributed by atoms with Gasteiger partial charge in [-0.1, -0.05) is 12.1 Å². The highest BCUT2D eigenvalue weighted by Crippen LogP contribution is 2.30. The van der Waals surface area contributed by atoms with Gasteiger partial charge in [-0.3, -0.25) is 0 Å². The second-order valence-corrected chi connectivity index (χ2v) is 5.66. The standard InChI is InChI=1S/C15H17NO2S/c1-11-6-7-19-15(11)9-16-8-12-10-17-13-4-2-3-5-14(13)18-12/h2-7,12,16H,8-10H2,1H3. The van der Waals surface area contributed by atoms with E-state index in [9.17, 15) is 0 Å². The van der Waals surface area contributed by atoms with Gasteiger partial charge in [-0.2, -0.15) is 0 Å². The van der Waals surface area contributed by atoms with Crippen molar-refractivity contribution in [2.45, 2.75) is 19.6 Å². The molecular formula is C15H17NO2S. The zero-order valence-corrected chi connectivity index (χ0v) is 11.7. The molecule has 0 saturated heterocycles. The van der Waals surface area contributed by atoms with Gasteiger partial charge in [-0.15, -0.1) is 11.3 Å². The van der Waals surface area contributed by atoms with Crippen LogP contribution in [-0.4, -0.2) is 19.3 Å². The molecule has 4 heteroatoms. The maximum absolute atomic E-state index is 5.90. The van der Waals surface area contributed by atoms with Crippen LogP contribution in [0, 0.1) is 6.92 Å². The highest BCUT2D eigenvalue weighted by Gasteiger charge is 2.19. The Hall–Kier alpha value is -1.52. The number of para-hydroxylation sites is 2. The Kier molecular flexibility index (Phi) is 3.71. The molecule has 3 nitrogen and oxygen atoms in total. The number of fused-ring (bicyclic) bond motifs is 1. The van der Waals surface area contributed by atoms with Crippen LogP contribution in [0.4, 0.5) is 0 Å². The lowest BCUT2D eigenvalue weighted by atomic mass is 10.2. The lowest BCUT2D eigenvalue weighted by Gasteiger charge is -2.26. The number of hydrogen-bond acceptors (Lipinski definition) is 4. The molecule has 2 heterocycles. The molecule has 19 heavy (non-hydrogen) atoms. The van der Waals surface area contributed by atoms with Gasteiger partial charge in [-0.25, -0.2) is 0 Å². The van der Waals surface area contributed by atoms with Gasteiger partial charge in [0.05, 0.1) is 0 Å². The summed E-state index contributed by atoms with van der Waals surface area (Å²) >= 11 is 1.79. The van der Waals surface area contributed by atoms with Crippen LogP contribution in [0.5, 0.6) is 11.5 Å². The number of hydrogen-bond donors (Lipinski definition) is 1. The van der Waals surface area contributed by atoms with E-state index in [0.29, 0.717) is 6.61 Å². The monoisotopic (exact) mass is 275 g/mol. The zero-order chi connectivity index (χ0) is 13.1. The van der Waals surface area contributed by atoms with Crippen LogP contribution in [0.2, 0.25) is 0 Å². The molecule has 0 saturated carbocycles. The van der Waals surface area contributed by atoms with E-state index in [4.69, 9.17) is 9.47 Å². The fourth-order valence-corrected chi connectivity index (χ4v) is 2.97. The third-order valence-corrected chi connectivity index (χ3v) is 4.22. The topological polar surface area (TPSA) is 30.5 Å². The number of thiophene rings is 1. The summed E-state index contributed by atoms with van der Waals surface area (Å²) in [5.74, 6) is 1.68. The number of aryl methyl sites for hydroxylation is 1. The average molecular weight is 275 g/mol. The van der Waals surface area contributed by atoms with Gasteiger partial charge in [0, 0.05) is 18.0 Å². The lowest BCUT2D eigenvalue weighted by molar-refractivity contribution is 0.0902. The summed E-state index contributed by atoms with van der Waals surface area (Å²) in [6.07, 6.45) is 0.0789. The van der Waals surface area contributed by atoms with Crippen LogP contribution in [0.3, 0.4) is 0 Å². The molecule has 0 bridgehead atoms. The molecule has 0 spiro atoms. The van der Waals surface area contributed by atoms with Crippen molar-refractivity contribution in [3.8, 4) is 11.5 Å². The second kappa shape index (κ2) is 5.63. The van der Waals surface area contributed by atoms with Gasteiger partial charge in [0.2, 0.25) is 0 Å². The Balaban J connectivity index is 1.51. The van der Waals surface area contributed by atoms with Gasteiger partial charge in [0.25, 0.3) is 0 Å². The van der Waals surface area contributed by atoms with Crippen molar-refractivity contribution in [1.29, 1.82) is 0 Å². The minimum atomic E-state index is 0.0789. The number of ether oxygens (including phenoxy) is 2. The minimum absolute atomic E-state index is 0.0789. The Bertz CT molecular complexity index is 553. The highest BCUT2D eigenvalue weighted by atomic mass is 32.1. The lowest BCUT2D eigenvalue weighted by Crippen LogP contribution is -2.38. The third kappa shape index (κ3) is 2.91. The van der Waals surface area contributed by atoms with Gasteiger partial charge in [-0.05, 0) is 36.1 Å². The summed E-state index contributed by atoms with van der Waals surface area (Å²) in [6.45, 7) is 4.44. The van der Waals surface area contributed by atoms with Crippen LogP contribution in [0.1, 0.15) is 10.4 Å². The van der Waals surface area contributed by atoms with Crippen molar-refractivity contribution >= 4 is 11.3 Å². The zero-order valence-electron chi connectivity index (χ0n) is 10.9. The minimum Gasteiger partial charge on any atom is -0.486 e. The predicted octanol–water partition coefficient (Wildman–Crippen LogP) is 2.99. The Morgan fingerprint density at radius 3 is 2.89 bits per heavy atom. The van der Waals surface area contributed by atoms with Crippen molar-refractivity contribution < 1.29 is 9.47 Å². The smallest absolute Gasteiger partial charge is 0.161 e.